The first-order valence-corrected chi connectivity index (χ1v) is 12.2. The number of thiol groups is 2. The molecule has 0 saturated carbocycles. The minimum Gasteiger partial charge on any atom is -0.179 e. The lowest BCUT2D eigenvalue weighted by atomic mass is 9.67. The number of rotatable bonds is 6. The Morgan fingerprint density at radius 1 is 0.484 bits per heavy atom. The Morgan fingerprint density at radius 3 is 1.26 bits per heavy atom. The fourth-order valence-corrected chi connectivity index (χ4v) is 5.64. The van der Waals surface area contributed by atoms with Crippen LogP contribution in [0.15, 0.2) is 97.1 Å². The molecule has 5 rings (SSSR count). The van der Waals surface area contributed by atoms with Crippen LogP contribution in [0.4, 0.5) is 0 Å². The molecule has 0 atom stereocenters. The van der Waals surface area contributed by atoms with Gasteiger partial charge in [-0.25, -0.2) is 0 Å². The largest absolute Gasteiger partial charge is 0.179 e. The lowest BCUT2D eigenvalue weighted by Gasteiger charge is -2.34. The van der Waals surface area contributed by atoms with Crippen LogP contribution in [0.1, 0.15) is 33.4 Å². The number of hydrogen-bond donors (Lipinski definition) is 2. The van der Waals surface area contributed by atoms with Crippen LogP contribution >= 0.6 is 25.3 Å². The van der Waals surface area contributed by atoms with Crippen molar-refractivity contribution in [2.45, 2.75) is 18.3 Å². The molecule has 0 heterocycles. The summed E-state index contributed by atoms with van der Waals surface area (Å²) >= 11 is 8.83. The fourth-order valence-electron chi connectivity index (χ4n) is 5.12. The Kier molecular flexibility index (Phi) is 5.69. The van der Waals surface area contributed by atoms with E-state index in [1.807, 2.05) is 0 Å². The summed E-state index contributed by atoms with van der Waals surface area (Å²) in [6, 6.07) is 36.1. The van der Waals surface area contributed by atoms with E-state index in [2.05, 4.69) is 122 Å². The molecule has 0 fully saturated rings. The van der Waals surface area contributed by atoms with Crippen LogP contribution in [-0.4, -0.2) is 11.5 Å². The molecule has 2 heteroatoms. The lowest BCUT2D eigenvalue weighted by Crippen LogP contribution is -2.28. The third-order valence-corrected chi connectivity index (χ3v) is 6.97. The standard InChI is InChI=1S/C29H26S2/c30-19-17-21-9-13-23(14-10-21)29(24-15-11-22(12-16-24)18-20-31)27-7-3-1-5-25(27)26-6-2-4-8-28(26)29/h1-16,30-31H,17-20H2. The summed E-state index contributed by atoms with van der Waals surface area (Å²) in [6.07, 6.45) is 1.98. The maximum atomic E-state index is 4.41. The van der Waals surface area contributed by atoms with E-state index in [1.54, 1.807) is 0 Å². The monoisotopic (exact) mass is 438 g/mol. The van der Waals surface area contributed by atoms with E-state index in [9.17, 15) is 0 Å². The molecular weight excluding hydrogens is 412 g/mol. The van der Waals surface area contributed by atoms with Gasteiger partial charge in [-0.05, 0) is 68.9 Å². The highest BCUT2D eigenvalue weighted by Gasteiger charge is 2.45. The van der Waals surface area contributed by atoms with Gasteiger partial charge in [0.25, 0.3) is 0 Å². The zero-order chi connectivity index (χ0) is 21.3. The topological polar surface area (TPSA) is 0 Å². The summed E-state index contributed by atoms with van der Waals surface area (Å²) in [7, 11) is 0. The van der Waals surface area contributed by atoms with Crippen molar-refractivity contribution in [2.24, 2.45) is 0 Å². The molecule has 0 amide bonds. The second-order valence-electron chi connectivity index (χ2n) is 8.18. The second kappa shape index (κ2) is 8.61. The van der Waals surface area contributed by atoms with E-state index in [0.29, 0.717) is 0 Å². The molecular formula is C29H26S2. The van der Waals surface area contributed by atoms with Gasteiger partial charge in [-0.3, -0.25) is 0 Å². The predicted molar refractivity (Wildman–Crippen MR) is 139 cm³/mol. The highest BCUT2D eigenvalue weighted by molar-refractivity contribution is 7.80. The van der Waals surface area contributed by atoms with Crippen molar-refractivity contribution in [1.82, 2.24) is 0 Å². The zero-order valence-corrected chi connectivity index (χ0v) is 19.2. The smallest absolute Gasteiger partial charge is 0.0713 e. The third-order valence-electron chi connectivity index (χ3n) is 6.53. The molecule has 0 bridgehead atoms. The van der Waals surface area contributed by atoms with Gasteiger partial charge in [0, 0.05) is 0 Å². The summed E-state index contributed by atoms with van der Waals surface area (Å²) in [4.78, 5) is 0. The minimum atomic E-state index is -0.313. The van der Waals surface area contributed by atoms with Crippen LogP contribution < -0.4 is 0 Å². The van der Waals surface area contributed by atoms with Crippen LogP contribution in [0.25, 0.3) is 11.1 Å². The molecule has 0 unspecified atom stereocenters. The van der Waals surface area contributed by atoms with Gasteiger partial charge in [-0.1, -0.05) is 97.1 Å². The molecule has 1 aliphatic carbocycles. The molecule has 4 aromatic carbocycles. The van der Waals surface area contributed by atoms with Crippen molar-refractivity contribution in [3.8, 4) is 11.1 Å². The first kappa shape index (κ1) is 20.5. The van der Waals surface area contributed by atoms with Crippen LogP contribution in [0.2, 0.25) is 0 Å². The van der Waals surface area contributed by atoms with E-state index in [0.717, 1.165) is 24.3 Å². The number of hydrogen-bond acceptors (Lipinski definition) is 2. The molecule has 0 saturated heterocycles. The molecule has 1 aliphatic rings. The van der Waals surface area contributed by atoms with Gasteiger partial charge in [0.2, 0.25) is 0 Å². The third kappa shape index (κ3) is 3.33. The number of benzene rings is 4. The molecule has 0 aromatic heterocycles. The van der Waals surface area contributed by atoms with Gasteiger partial charge < -0.3 is 0 Å². The maximum absolute atomic E-state index is 4.41. The van der Waals surface area contributed by atoms with Gasteiger partial charge in [-0.2, -0.15) is 25.3 Å². The van der Waals surface area contributed by atoms with Crippen LogP contribution in [0, 0.1) is 0 Å². The van der Waals surface area contributed by atoms with Gasteiger partial charge in [0.1, 0.15) is 0 Å². The highest BCUT2D eigenvalue weighted by Crippen LogP contribution is 2.55. The summed E-state index contributed by atoms with van der Waals surface area (Å²) < 4.78 is 0. The summed E-state index contributed by atoms with van der Waals surface area (Å²) in [6.45, 7) is 0. The van der Waals surface area contributed by atoms with E-state index >= 15 is 0 Å². The van der Waals surface area contributed by atoms with Crippen LogP contribution in [-0.2, 0) is 18.3 Å². The minimum absolute atomic E-state index is 0.313. The molecule has 4 aromatic rings. The lowest BCUT2D eigenvalue weighted by molar-refractivity contribution is 0.766. The van der Waals surface area contributed by atoms with Gasteiger partial charge in [-0.15, -0.1) is 0 Å². The number of fused-ring (bicyclic) bond motifs is 3. The summed E-state index contributed by atoms with van der Waals surface area (Å²) in [5.41, 5.74) is 10.4. The van der Waals surface area contributed by atoms with Crippen molar-refractivity contribution in [3.05, 3.63) is 130 Å². The molecule has 0 N–H and O–H groups in total. The molecule has 31 heavy (non-hydrogen) atoms. The van der Waals surface area contributed by atoms with Crippen molar-refractivity contribution in [1.29, 1.82) is 0 Å². The zero-order valence-electron chi connectivity index (χ0n) is 17.5. The molecule has 0 aliphatic heterocycles. The first-order chi connectivity index (χ1) is 15.3. The SMILES string of the molecule is SCCc1ccc(C2(c3ccc(CCS)cc3)c3ccccc3-c3ccccc32)cc1. The highest BCUT2D eigenvalue weighted by atomic mass is 32.1. The first-order valence-electron chi connectivity index (χ1n) is 10.9. The van der Waals surface area contributed by atoms with Crippen molar-refractivity contribution in [3.63, 3.8) is 0 Å². The molecule has 0 nitrogen and oxygen atoms in total. The summed E-state index contributed by atoms with van der Waals surface area (Å²) in [5, 5.41) is 0. The van der Waals surface area contributed by atoms with E-state index in [4.69, 9.17) is 0 Å². The Bertz CT molecular complexity index is 1090. The molecule has 0 radical (unpaired) electrons. The average Bonchev–Trinajstić information content (AvgIpc) is 3.12. The predicted octanol–water partition coefficient (Wildman–Crippen LogP) is 6.99. The van der Waals surface area contributed by atoms with Crippen molar-refractivity contribution >= 4 is 25.3 Å². The van der Waals surface area contributed by atoms with E-state index in [1.165, 1.54) is 44.5 Å². The average molecular weight is 439 g/mol. The Hall–Kier alpha value is -2.42. The van der Waals surface area contributed by atoms with E-state index < -0.39 is 0 Å². The van der Waals surface area contributed by atoms with Gasteiger partial charge >= 0.3 is 0 Å². The summed E-state index contributed by atoms with van der Waals surface area (Å²) in [5.74, 6) is 1.73. The molecule has 0 spiro atoms. The van der Waals surface area contributed by atoms with Crippen LogP contribution in [0.3, 0.4) is 0 Å². The Morgan fingerprint density at radius 2 is 0.871 bits per heavy atom. The van der Waals surface area contributed by atoms with Crippen LogP contribution in [0.5, 0.6) is 0 Å². The van der Waals surface area contributed by atoms with Gasteiger partial charge in [0.15, 0.2) is 0 Å². The normalized spacial score (nSPS) is 13.6. The maximum Gasteiger partial charge on any atom is 0.0713 e. The second-order valence-corrected chi connectivity index (χ2v) is 9.08. The van der Waals surface area contributed by atoms with E-state index in [-0.39, 0.29) is 5.41 Å². The quantitative estimate of drug-likeness (QED) is 0.262. The Balaban J connectivity index is 1.80. The van der Waals surface area contributed by atoms with Crippen molar-refractivity contribution in [2.75, 3.05) is 11.5 Å². The van der Waals surface area contributed by atoms with Gasteiger partial charge in [0.05, 0.1) is 5.41 Å². The Labute approximate surface area is 196 Å². The fraction of sp³-hybridized carbons (Fsp3) is 0.172. The van der Waals surface area contributed by atoms with Crippen molar-refractivity contribution < 1.29 is 0 Å². The number of aryl methyl sites for hydroxylation is 2. The molecule has 154 valence electrons.